The van der Waals surface area contributed by atoms with E-state index < -0.39 is 7.60 Å². The molecule has 2 atom stereocenters. The van der Waals surface area contributed by atoms with Crippen molar-refractivity contribution in [3.05, 3.63) is 12.7 Å². The van der Waals surface area contributed by atoms with E-state index in [0.29, 0.717) is 24.1 Å². The SMILES string of the molecule is Nc1ncnc2c1ncn2[C@H]1C[C@@H](CO)N(CP(=O)(O)O)C1. The summed E-state index contributed by atoms with van der Waals surface area (Å²) in [5.74, 6) is 0.285. The van der Waals surface area contributed by atoms with E-state index in [-0.39, 0.29) is 30.8 Å². The Hall–Kier alpha value is -1.58. The van der Waals surface area contributed by atoms with Gasteiger partial charge >= 0.3 is 7.60 Å². The van der Waals surface area contributed by atoms with Crippen molar-refractivity contribution in [3.63, 3.8) is 0 Å². The third-order valence-corrected chi connectivity index (χ3v) is 4.59. The molecular weight excluding hydrogens is 311 g/mol. The number of hydrogen-bond acceptors (Lipinski definition) is 7. The summed E-state index contributed by atoms with van der Waals surface area (Å²) in [5.41, 5.74) is 6.82. The molecule has 0 bridgehead atoms. The largest absolute Gasteiger partial charge is 0.395 e. The number of rotatable bonds is 4. The zero-order valence-electron chi connectivity index (χ0n) is 11.6. The van der Waals surface area contributed by atoms with Gasteiger partial charge in [-0.25, -0.2) is 15.0 Å². The highest BCUT2D eigenvalue weighted by Gasteiger charge is 2.36. The summed E-state index contributed by atoms with van der Waals surface area (Å²) in [5, 5.41) is 9.44. The lowest BCUT2D eigenvalue weighted by Crippen LogP contribution is -2.33. The van der Waals surface area contributed by atoms with Crippen LogP contribution >= 0.6 is 7.60 Å². The van der Waals surface area contributed by atoms with Gasteiger partial charge in [0.2, 0.25) is 0 Å². The standard InChI is InChI=1S/C11H17N6O4P/c12-10-9-11(14-4-13-10)17(5-15-9)7-1-8(3-18)16(2-7)6-22(19,20)21/h4-5,7-8,18H,1-3,6H2,(H2,12,13,14)(H2,19,20,21)/t7-,8-/m0/s1. The van der Waals surface area contributed by atoms with Crippen LogP contribution in [0, 0.1) is 0 Å². The Bertz CT molecular complexity index is 730. The third-order valence-electron chi connectivity index (χ3n) is 3.86. The Labute approximate surface area is 125 Å². The van der Waals surface area contributed by atoms with Gasteiger partial charge in [0, 0.05) is 12.6 Å². The molecule has 0 unspecified atom stereocenters. The molecule has 0 saturated carbocycles. The Morgan fingerprint density at radius 2 is 2.14 bits per heavy atom. The maximum absolute atomic E-state index is 11.2. The molecule has 0 aromatic carbocycles. The molecule has 3 rings (SSSR count). The number of aromatic nitrogens is 4. The van der Waals surface area contributed by atoms with E-state index in [2.05, 4.69) is 15.0 Å². The number of nitrogen functional groups attached to an aromatic ring is 1. The lowest BCUT2D eigenvalue weighted by Gasteiger charge is -2.22. The van der Waals surface area contributed by atoms with E-state index in [9.17, 15) is 9.67 Å². The molecule has 5 N–H and O–H groups in total. The van der Waals surface area contributed by atoms with Crippen molar-refractivity contribution in [1.29, 1.82) is 0 Å². The van der Waals surface area contributed by atoms with E-state index in [1.165, 1.54) is 6.33 Å². The van der Waals surface area contributed by atoms with Crippen molar-refractivity contribution >= 4 is 24.6 Å². The minimum absolute atomic E-state index is 0.0944. The first-order chi connectivity index (χ1) is 10.4. The summed E-state index contributed by atoms with van der Waals surface area (Å²) in [6, 6.07) is -0.405. The maximum atomic E-state index is 11.2. The smallest absolute Gasteiger partial charge is 0.339 e. The first kappa shape index (κ1) is 15.3. The number of nitrogens with two attached hydrogens (primary N) is 1. The first-order valence-electron chi connectivity index (χ1n) is 6.71. The highest BCUT2D eigenvalue weighted by molar-refractivity contribution is 7.51. The number of aliphatic hydroxyl groups is 1. The van der Waals surface area contributed by atoms with Gasteiger partial charge in [-0.2, -0.15) is 0 Å². The van der Waals surface area contributed by atoms with Crippen LogP contribution in [0.25, 0.3) is 11.2 Å². The van der Waals surface area contributed by atoms with Gasteiger partial charge in [-0.3, -0.25) is 9.46 Å². The number of fused-ring (bicyclic) bond motifs is 1. The molecule has 2 aromatic rings. The summed E-state index contributed by atoms with van der Waals surface area (Å²) in [4.78, 5) is 32.1. The molecule has 1 aliphatic rings. The summed E-state index contributed by atoms with van der Waals surface area (Å²) in [7, 11) is -4.18. The molecule has 3 heterocycles. The number of aliphatic hydroxyl groups excluding tert-OH is 1. The second-order valence-corrected chi connectivity index (χ2v) is 7.00. The maximum Gasteiger partial charge on any atom is 0.339 e. The van der Waals surface area contributed by atoms with Crippen LogP contribution < -0.4 is 5.73 Å². The van der Waals surface area contributed by atoms with Crippen LogP contribution in [0.1, 0.15) is 12.5 Å². The van der Waals surface area contributed by atoms with E-state index in [4.69, 9.17) is 15.5 Å². The lowest BCUT2D eigenvalue weighted by molar-refractivity contribution is 0.168. The fourth-order valence-corrected chi connectivity index (χ4v) is 3.72. The fraction of sp³-hybridized carbons (Fsp3) is 0.545. The highest BCUT2D eigenvalue weighted by atomic mass is 31.2. The van der Waals surface area contributed by atoms with Crippen molar-refractivity contribution in [3.8, 4) is 0 Å². The van der Waals surface area contributed by atoms with Gasteiger partial charge in [0.25, 0.3) is 0 Å². The number of imidazole rings is 1. The Morgan fingerprint density at radius 3 is 2.82 bits per heavy atom. The summed E-state index contributed by atoms with van der Waals surface area (Å²) in [6.07, 6.45) is 3.11. The quantitative estimate of drug-likeness (QED) is 0.526. The predicted octanol–water partition coefficient (Wildman–Crippen LogP) is -0.849. The van der Waals surface area contributed by atoms with Crippen LogP contribution in [-0.2, 0) is 4.57 Å². The number of nitrogens with zero attached hydrogens (tertiary/aromatic N) is 5. The van der Waals surface area contributed by atoms with Crippen LogP contribution in [0.2, 0.25) is 0 Å². The number of anilines is 1. The van der Waals surface area contributed by atoms with Gasteiger partial charge in [-0.05, 0) is 6.42 Å². The molecule has 22 heavy (non-hydrogen) atoms. The Balaban J connectivity index is 1.89. The van der Waals surface area contributed by atoms with Gasteiger partial charge in [0.05, 0.1) is 19.0 Å². The average molecular weight is 328 g/mol. The zero-order chi connectivity index (χ0) is 15.9. The molecule has 0 radical (unpaired) electrons. The van der Waals surface area contributed by atoms with E-state index in [1.54, 1.807) is 11.2 Å². The van der Waals surface area contributed by atoms with Crippen molar-refractivity contribution < 1.29 is 19.5 Å². The Morgan fingerprint density at radius 1 is 1.36 bits per heavy atom. The van der Waals surface area contributed by atoms with E-state index >= 15 is 0 Å². The number of hydrogen-bond donors (Lipinski definition) is 4. The fourth-order valence-electron chi connectivity index (χ4n) is 2.90. The molecule has 1 aliphatic heterocycles. The van der Waals surface area contributed by atoms with Crippen LogP contribution in [0.3, 0.4) is 0 Å². The molecule has 11 heteroatoms. The molecule has 1 fully saturated rings. The van der Waals surface area contributed by atoms with Gasteiger partial charge in [0.15, 0.2) is 11.5 Å². The molecule has 0 amide bonds. The van der Waals surface area contributed by atoms with Crippen molar-refractivity contribution in [2.75, 3.05) is 25.2 Å². The van der Waals surface area contributed by atoms with Crippen molar-refractivity contribution in [2.24, 2.45) is 0 Å². The third kappa shape index (κ3) is 2.83. The second kappa shape index (κ2) is 5.56. The minimum atomic E-state index is -4.18. The molecule has 0 spiro atoms. The molecule has 2 aromatic heterocycles. The molecule has 0 aliphatic carbocycles. The normalized spacial score (nSPS) is 23.4. The topological polar surface area (TPSA) is 151 Å². The molecular formula is C11H17N6O4P. The predicted molar refractivity (Wildman–Crippen MR) is 77.9 cm³/mol. The second-order valence-electron chi connectivity index (χ2n) is 5.39. The van der Waals surface area contributed by atoms with Crippen LogP contribution in [0.15, 0.2) is 12.7 Å². The number of likely N-dealkylation sites (tertiary alicyclic amines) is 1. The Kier molecular flexibility index (Phi) is 3.87. The first-order valence-corrected chi connectivity index (χ1v) is 8.51. The summed E-state index contributed by atoms with van der Waals surface area (Å²) >= 11 is 0. The van der Waals surface area contributed by atoms with Crippen LogP contribution in [0.4, 0.5) is 5.82 Å². The molecule has 10 nitrogen and oxygen atoms in total. The molecule has 1 saturated heterocycles. The summed E-state index contributed by atoms with van der Waals surface area (Å²) in [6.45, 7) is 0.228. The van der Waals surface area contributed by atoms with Gasteiger partial charge < -0.3 is 25.2 Å². The zero-order valence-corrected chi connectivity index (χ0v) is 12.5. The van der Waals surface area contributed by atoms with E-state index in [0.717, 1.165) is 0 Å². The minimum Gasteiger partial charge on any atom is -0.395 e. The average Bonchev–Trinajstić information content (AvgIpc) is 3.01. The van der Waals surface area contributed by atoms with Crippen molar-refractivity contribution in [1.82, 2.24) is 24.4 Å². The van der Waals surface area contributed by atoms with Gasteiger partial charge in [-0.1, -0.05) is 0 Å². The van der Waals surface area contributed by atoms with E-state index in [1.807, 2.05) is 4.57 Å². The highest BCUT2D eigenvalue weighted by Crippen LogP contribution is 2.40. The van der Waals surface area contributed by atoms with Crippen molar-refractivity contribution in [2.45, 2.75) is 18.5 Å². The lowest BCUT2D eigenvalue weighted by atomic mass is 10.2. The van der Waals surface area contributed by atoms with Gasteiger partial charge in [-0.15, -0.1) is 0 Å². The molecule has 120 valence electrons. The van der Waals surface area contributed by atoms with Gasteiger partial charge in [0.1, 0.15) is 18.1 Å². The van der Waals surface area contributed by atoms with Crippen LogP contribution in [0.5, 0.6) is 0 Å². The monoisotopic (exact) mass is 328 g/mol. The van der Waals surface area contributed by atoms with Crippen LogP contribution in [-0.4, -0.2) is 64.8 Å². The summed E-state index contributed by atoms with van der Waals surface area (Å²) < 4.78 is 13.0.